The second-order valence-corrected chi connectivity index (χ2v) is 12.1. The molecular weight excluding hydrogens is 422 g/mol. The Morgan fingerprint density at radius 1 is 1.18 bits per heavy atom. The molecule has 0 unspecified atom stereocenters. The number of fused-ring (bicyclic) bond motifs is 3. The monoisotopic (exact) mass is 453 g/mol. The number of Topliss-reactive ketones (excluding diaryl/α,β-unsaturated/α-hetero) is 1. The van der Waals surface area contributed by atoms with Crippen molar-refractivity contribution in [1.29, 1.82) is 0 Å². The van der Waals surface area contributed by atoms with Crippen LogP contribution in [0.25, 0.3) is 0 Å². The molecule has 1 saturated carbocycles. The van der Waals surface area contributed by atoms with Gasteiger partial charge in [0, 0.05) is 35.3 Å². The highest BCUT2D eigenvalue weighted by atomic mass is 16.6. The second kappa shape index (κ2) is 5.95. The van der Waals surface area contributed by atoms with Crippen molar-refractivity contribution < 1.29 is 19.6 Å². The molecule has 1 aliphatic carbocycles. The fourth-order valence-corrected chi connectivity index (χ4v) is 8.47. The summed E-state index contributed by atoms with van der Waals surface area (Å²) < 4.78 is 0. The summed E-state index contributed by atoms with van der Waals surface area (Å²) in [5.41, 5.74) is -2.42. The standard InChI is InChI=1S/C25H31N3O5/c1-22(2)11-17(30)19-16(29)8-7-15-20(19)27(22)21(31)25(15)12-24(28(32)33)13-26-9-5-6-14(26)10-18(24)23(25,3)4/h7-8,14,18,29H,5-6,9-13H2,1-4H3/t14-,18+,24+,25+/m0/s1. The third-order valence-corrected chi connectivity index (χ3v) is 9.92. The molecular formula is C25H31N3O5. The van der Waals surface area contributed by atoms with Gasteiger partial charge >= 0.3 is 0 Å². The van der Waals surface area contributed by atoms with E-state index in [9.17, 15) is 24.8 Å². The Morgan fingerprint density at radius 3 is 2.61 bits per heavy atom. The number of anilines is 1. The molecule has 2 saturated heterocycles. The van der Waals surface area contributed by atoms with Crippen LogP contribution in [-0.2, 0) is 10.2 Å². The first-order valence-electron chi connectivity index (χ1n) is 12.0. The van der Waals surface area contributed by atoms with Crippen molar-refractivity contribution >= 4 is 17.4 Å². The van der Waals surface area contributed by atoms with Crippen LogP contribution in [0.15, 0.2) is 12.1 Å². The Bertz CT molecular complexity index is 1140. The smallest absolute Gasteiger partial charge is 0.239 e. The minimum Gasteiger partial charge on any atom is -0.507 e. The first-order chi connectivity index (χ1) is 15.4. The van der Waals surface area contributed by atoms with Gasteiger partial charge in [-0.25, -0.2) is 0 Å². The maximum atomic E-state index is 14.5. The number of ketones is 1. The molecule has 4 atom stereocenters. The number of phenols is 1. The van der Waals surface area contributed by atoms with E-state index in [-0.39, 0.29) is 46.7 Å². The molecule has 6 rings (SSSR count). The average molecular weight is 454 g/mol. The van der Waals surface area contributed by atoms with Crippen LogP contribution in [-0.4, -0.2) is 56.8 Å². The number of phenolic OH excluding ortho intramolecular Hbond substituents is 1. The van der Waals surface area contributed by atoms with E-state index in [1.165, 1.54) is 6.07 Å². The lowest BCUT2D eigenvalue weighted by Gasteiger charge is -2.46. The molecule has 0 bridgehead atoms. The number of benzene rings is 1. The SMILES string of the molecule is CC1(C)CC(=O)c2c(O)ccc3c2N1C(=O)[C@@]31C[C@@]2([N+](=O)[O-])CN3CCC[C@H]3C[C@@H]2C1(C)C. The minimum absolute atomic E-state index is 0.102. The van der Waals surface area contributed by atoms with Crippen molar-refractivity contribution in [2.24, 2.45) is 11.3 Å². The topological polar surface area (TPSA) is 104 Å². The molecule has 1 aromatic carbocycles. The van der Waals surface area contributed by atoms with Crippen molar-refractivity contribution in [2.75, 3.05) is 18.0 Å². The lowest BCUT2D eigenvalue weighted by molar-refractivity contribution is -0.584. The Kier molecular flexibility index (Phi) is 3.80. The van der Waals surface area contributed by atoms with Crippen LogP contribution in [0.1, 0.15) is 75.7 Å². The lowest BCUT2D eigenvalue weighted by Crippen LogP contribution is -2.59. The predicted octanol–water partition coefficient (Wildman–Crippen LogP) is 3.27. The highest BCUT2D eigenvalue weighted by Gasteiger charge is 2.79. The molecule has 0 radical (unpaired) electrons. The summed E-state index contributed by atoms with van der Waals surface area (Å²) in [5.74, 6) is -0.717. The van der Waals surface area contributed by atoms with Gasteiger partial charge in [0.2, 0.25) is 11.4 Å². The van der Waals surface area contributed by atoms with Gasteiger partial charge < -0.3 is 10.0 Å². The van der Waals surface area contributed by atoms with Gasteiger partial charge in [0.1, 0.15) is 5.75 Å². The number of nitrogens with zero attached hydrogens (tertiary/aromatic N) is 3. The van der Waals surface area contributed by atoms with Gasteiger partial charge in [-0.15, -0.1) is 0 Å². The number of carbonyl (C=O) groups is 2. The van der Waals surface area contributed by atoms with E-state index < -0.39 is 21.9 Å². The zero-order chi connectivity index (χ0) is 23.7. The zero-order valence-electron chi connectivity index (χ0n) is 19.7. The molecule has 1 N–H and O–H groups in total. The lowest BCUT2D eigenvalue weighted by atomic mass is 9.60. The molecule has 5 aliphatic rings. The first-order valence-corrected chi connectivity index (χ1v) is 12.0. The number of nitro groups is 1. The summed E-state index contributed by atoms with van der Waals surface area (Å²) in [6.07, 6.45) is 3.06. The van der Waals surface area contributed by atoms with Gasteiger partial charge in [0.15, 0.2) is 5.78 Å². The van der Waals surface area contributed by atoms with E-state index >= 15 is 0 Å². The fourth-order valence-electron chi connectivity index (χ4n) is 8.47. The maximum absolute atomic E-state index is 14.5. The number of piperidine rings is 1. The zero-order valence-corrected chi connectivity index (χ0v) is 19.7. The van der Waals surface area contributed by atoms with Gasteiger partial charge in [-0.05, 0) is 56.7 Å². The van der Waals surface area contributed by atoms with Crippen molar-refractivity contribution in [2.45, 2.75) is 82.3 Å². The summed E-state index contributed by atoms with van der Waals surface area (Å²) >= 11 is 0. The number of carbonyl (C=O) groups excluding carboxylic acids is 2. The minimum atomic E-state index is -1.21. The van der Waals surface area contributed by atoms with Gasteiger partial charge in [-0.1, -0.05) is 19.9 Å². The third-order valence-electron chi connectivity index (χ3n) is 9.92. The third kappa shape index (κ3) is 2.17. The summed E-state index contributed by atoms with van der Waals surface area (Å²) in [4.78, 5) is 44.2. The number of aromatic hydroxyl groups is 1. The fraction of sp³-hybridized carbons (Fsp3) is 0.680. The van der Waals surface area contributed by atoms with Crippen LogP contribution in [0.2, 0.25) is 0 Å². The van der Waals surface area contributed by atoms with Crippen LogP contribution in [0.5, 0.6) is 5.75 Å². The van der Waals surface area contributed by atoms with Crippen LogP contribution in [0, 0.1) is 21.4 Å². The average Bonchev–Trinajstić information content (AvgIpc) is 3.32. The van der Waals surface area contributed by atoms with Crippen molar-refractivity contribution in [3.63, 3.8) is 0 Å². The molecule has 8 heteroatoms. The van der Waals surface area contributed by atoms with Crippen LogP contribution >= 0.6 is 0 Å². The Hall–Kier alpha value is -2.48. The molecule has 1 aromatic rings. The van der Waals surface area contributed by atoms with E-state index in [0.717, 1.165) is 19.4 Å². The molecule has 1 spiro atoms. The molecule has 3 fully saturated rings. The number of hydrogen-bond donors (Lipinski definition) is 1. The van der Waals surface area contributed by atoms with Crippen LogP contribution in [0.3, 0.4) is 0 Å². The van der Waals surface area contributed by atoms with Gasteiger partial charge in [0.05, 0.1) is 23.2 Å². The Morgan fingerprint density at radius 2 is 1.91 bits per heavy atom. The Labute approximate surface area is 193 Å². The van der Waals surface area contributed by atoms with E-state index in [4.69, 9.17) is 0 Å². The van der Waals surface area contributed by atoms with E-state index in [2.05, 4.69) is 4.90 Å². The summed E-state index contributed by atoms with van der Waals surface area (Å²) in [6.45, 7) is 9.03. The first kappa shape index (κ1) is 21.1. The second-order valence-electron chi connectivity index (χ2n) is 12.1. The number of rotatable bonds is 1. The maximum Gasteiger partial charge on any atom is 0.239 e. The van der Waals surface area contributed by atoms with Crippen molar-refractivity contribution in [3.8, 4) is 5.75 Å². The van der Waals surface area contributed by atoms with Crippen molar-refractivity contribution in [1.82, 2.24) is 4.90 Å². The largest absolute Gasteiger partial charge is 0.507 e. The quantitative estimate of drug-likeness (QED) is 0.517. The summed E-state index contributed by atoms with van der Waals surface area (Å²) in [5, 5.41) is 23.4. The molecule has 4 aliphatic heterocycles. The highest BCUT2D eigenvalue weighted by Crippen LogP contribution is 2.70. The number of hydrogen-bond acceptors (Lipinski definition) is 6. The molecule has 33 heavy (non-hydrogen) atoms. The van der Waals surface area contributed by atoms with Crippen LogP contribution in [0.4, 0.5) is 5.69 Å². The molecule has 0 aromatic heterocycles. The predicted molar refractivity (Wildman–Crippen MR) is 121 cm³/mol. The van der Waals surface area contributed by atoms with E-state index in [0.29, 0.717) is 30.3 Å². The highest BCUT2D eigenvalue weighted by molar-refractivity contribution is 6.19. The van der Waals surface area contributed by atoms with E-state index in [1.54, 1.807) is 11.0 Å². The van der Waals surface area contributed by atoms with Gasteiger partial charge in [0.25, 0.3) is 0 Å². The van der Waals surface area contributed by atoms with Crippen LogP contribution < -0.4 is 4.90 Å². The normalized spacial score (nSPS) is 37.9. The number of amides is 1. The van der Waals surface area contributed by atoms with Gasteiger partial charge in [-0.2, -0.15) is 0 Å². The summed E-state index contributed by atoms with van der Waals surface area (Å²) in [7, 11) is 0. The van der Waals surface area contributed by atoms with Crippen molar-refractivity contribution in [3.05, 3.63) is 33.4 Å². The molecule has 1 amide bonds. The molecule has 4 heterocycles. The molecule has 176 valence electrons. The summed E-state index contributed by atoms with van der Waals surface area (Å²) in [6, 6.07) is 3.57. The Balaban J connectivity index is 1.63. The molecule has 8 nitrogen and oxygen atoms in total. The van der Waals surface area contributed by atoms with E-state index in [1.807, 2.05) is 27.7 Å². The van der Waals surface area contributed by atoms with Gasteiger partial charge in [-0.3, -0.25) is 24.6 Å².